The fourth-order valence-electron chi connectivity index (χ4n) is 14.1. The van der Waals surface area contributed by atoms with Crippen molar-refractivity contribution in [2.45, 2.75) is 78.6 Å². The lowest BCUT2D eigenvalue weighted by molar-refractivity contribution is -0.127. The van der Waals surface area contributed by atoms with Gasteiger partial charge in [-0.1, -0.05) is 54.1 Å². The van der Waals surface area contributed by atoms with Crippen LogP contribution >= 0.6 is 11.6 Å². The molecule has 26 nitrogen and oxygen atoms in total. The van der Waals surface area contributed by atoms with Crippen molar-refractivity contribution in [2.24, 2.45) is 28.2 Å². The fraction of sp³-hybridized carbons (Fsp3) is 0.261. The third-order valence-electron chi connectivity index (χ3n) is 20.4. The van der Waals surface area contributed by atoms with E-state index in [-0.39, 0.29) is 53.1 Å². The summed E-state index contributed by atoms with van der Waals surface area (Å²) < 4.78 is 70.8. The number of pyridine rings is 4. The summed E-state index contributed by atoms with van der Waals surface area (Å²) in [6, 6.07) is 44.9. The smallest absolute Gasteiger partial charge is 0.293 e. The number of aryl methyl sites for hydroxylation is 4. The number of methoxy groups -OCH3 is 1. The number of amides is 6. The number of hydrogen-bond donors (Lipinski definition) is 9. The molecule has 6 heterocycles. The van der Waals surface area contributed by atoms with Crippen LogP contribution in [0.4, 0.5) is 23.2 Å². The highest BCUT2D eigenvalue weighted by atomic mass is 35.5. The third-order valence-corrected chi connectivity index (χ3v) is 20.7. The van der Waals surface area contributed by atoms with E-state index in [0.29, 0.717) is 143 Å². The molecule has 9 N–H and O–H groups in total. The predicted octanol–water partition coefficient (Wildman–Crippen LogP) is 12.6. The van der Waals surface area contributed by atoms with Gasteiger partial charge < -0.3 is 79.7 Å². The van der Waals surface area contributed by atoms with Crippen molar-refractivity contribution < 1.29 is 76.2 Å². The van der Waals surface area contributed by atoms with Crippen LogP contribution in [0.2, 0.25) is 5.02 Å². The normalized spacial score (nSPS) is 12.5. The Kier molecular flexibility index (Phi) is 30.6. The topological polar surface area (TPSA) is 353 Å². The van der Waals surface area contributed by atoms with Crippen molar-refractivity contribution in [1.82, 2.24) is 44.4 Å². The quantitative estimate of drug-likeness (QED) is 0.0190. The van der Waals surface area contributed by atoms with Gasteiger partial charge in [-0.2, -0.15) is 0 Å². The van der Waals surface area contributed by atoms with Gasteiger partial charge in [-0.15, -0.1) is 0 Å². The standard InChI is InChI=1S/C25H24FN3O4.C23H22ClFN2O4.C23H23FN2O4.C21H24FN3O4/c1-14-10-15(12-16(26)11-14)21-13-19(22(30)25(33)29(21)2)23(31)27-9-5-7-18-17-6-3-4-8-20(17)28-24(18)32;1-14-10-15(12-16(25)11-14)19-13-17(21(28)23(30)27(19)2)22(29)26-8-5-9-31-20-7-4-3-6-18(20)24;1-14-10-16(12-17(24)11-14)20-13-19(21(27)23(29)26(20)2)22(28)25-9-8-15-4-6-18(30-3)7-5-15;1-13-9-14(11-15(22)10-13)17-12-16(19(27)21(29)24(17)2)20(28)23-6-4-8-25-7-3-5-18(25)26/h3-4,6,8,10-13,18,30H,5,7,9H2,1-2H3,(H,27,31)(H,28,32);3-4,6-7,10-13,28H,5,8-9H2,1-2H3,(H,26,29);4-7,10-13,27H,8-9H2,1-3H3,(H,25,28);9-12,27H,3-8H2,1-2H3,(H,23,28). The largest absolute Gasteiger partial charge is 0.502 e. The predicted molar refractivity (Wildman–Crippen MR) is 459 cm³/mol. The summed E-state index contributed by atoms with van der Waals surface area (Å²) in [7, 11) is 7.40. The first-order chi connectivity index (χ1) is 58.6. The summed E-state index contributed by atoms with van der Waals surface area (Å²) in [6.07, 6.45) is 4.11. The number of ether oxygens (including phenoxy) is 2. The van der Waals surface area contributed by atoms with Crippen molar-refractivity contribution in [1.29, 1.82) is 0 Å². The number of rotatable bonds is 25. The highest BCUT2D eigenvalue weighted by Gasteiger charge is 2.31. The highest BCUT2D eigenvalue weighted by Crippen LogP contribution is 2.36. The minimum absolute atomic E-state index is 0.0678. The van der Waals surface area contributed by atoms with Crippen LogP contribution in [0.3, 0.4) is 0 Å². The van der Waals surface area contributed by atoms with E-state index >= 15 is 0 Å². The Balaban J connectivity index is 0.000000172. The van der Waals surface area contributed by atoms with Crippen LogP contribution in [-0.4, -0.2) is 132 Å². The molecule has 7 aromatic carbocycles. The number of hydrogen-bond acceptors (Lipinski definition) is 16. The Morgan fingerprint density at radius 2 is 0.846 bits per heavy atom. The van der Waals surface area contributed by atoms with Gasteiger partial charge in [0.1, 0.15) is 34.8 Å². The van der Waals surface area contributed by atoms with Crippen LogP contribution < -0.4 is 58.3 Å². The second kappa shape index (κ2) is 41.3. The van der Waals surface area contributed by atoms with E-state index in [9.17, 15) is 85.9 Å². The number of halogens is 5. The number of carbonyl (C=O) groups excluding carboxylic acids is 6. The lowest BCUT2D eigenvalue weighted by atomic mass is 9.96. The zero-order chi connectivity index (χ0) is 89.2. The zero-order valence-electron chi connectivity index (χ0n) is 69.0. The zero-order valence-corrected chi connectivity index (χ0v) is 69.7. The molecule has 2 aliphatic rings. The number of para-hydroxylation sites is 2. The van der Waals surface area contributed by atoms with Gasteiger partial charge in [0.25, 0.3) is 45.9 Å². The van der Waals surface area contributed by atoms with Gasteiger partial charge in [-0.3, -0.25) is 47.9 Å². The monoisotopic (exact) mass is 1700 g/mol. The summed E-state index contributed by atoms with van der Waals surface area (Å²) in [5, 5.41) is 55.0. The lowest BCUT2D eigenvalue weighted by Gasteiger charge is -2.16. The van der Waals surface area contributed by atoms with Gasteiger partial charge in [-0.25, -0.2) is 17.6 Å². The Hall–Kier alpha value is -14.0. The van der Waals surface area contributed by atoms with Crippen molar-refractivity contribution in [3.05, 3.63) is 295 Å². The lowest BCUT2D eigenvalue weighted by Crippen LogP contribution is -2.31. The number of nitrogens with zero attached hydrogens (tertiary/aromatic N) is 5. The first kappa shape index (κ1) is 91.3. The summed E-state index contributed by atoms with van der Waals surface area (Å²) >= 11 is 6.02. The minimum Gasteiger partial charge on any atom is -0.502 e. The molecule has 123 heavy (non-hydrogen) atoms. The van der Waals surface area contributed by atoms with Crippen molar-refractivity contribution in [2.75, 3.05) is 58.3 Å². The number of aromatic hydroxyl groups is 4. The molecule has 0 saturated carbocycles. The Bertz CT molecular complexity index is 6030. The van der Waals surface area contributed by atoms with Crippen molar-refractivity contribution >= 4 is 52.7 Å². The van der Waals surface area contributed by atoms with Crippen LogP contribution in [-0.2, 0) is 44.2 Å². The van der Waals surface area contributed by atoms with Crippen LogP contribution in [0, 0.1) is 51.0 Å². The average Bonchev–Trinajstić information content (AvgIpc) is 1.75. The van der Waals surface area contributed by atoms with E-state index in [1.165, 1.54) is 119 Å². The van der Waals surface area contributed by atoms with Crippen LogP contribution in [0.15, 0.2) is 189 Å². The summed E-state index contributed by atoms with van der Waals surface area (Å²) in [5.41, 5.74) is 4.80. The van der Waals surface area contributed by atoms with Crippen molar-refractivity contribution in [3.8, 4) is 79.5 Å². The summed E-state index contributed by atoms with van der Waals surface area (Å²) in [5.74, 6) is -5.78. The second-order valence-electron chi connectivity index (χ2n) is 29.6. The number of anilines is 1. The Morgan fingerprint density at radius 3 is 1.23 bits per heavy atom. The molecular weight excluding hydrogens is 1610 g/mol. The molecule has 642 valence electrons. The molecule has 0 spiro atoms. The highest BCUT2D eigenvalue weighted by molar-refractivity contribution is 6.32. The minimum atomic E-state index is -0.751. The molecule has 0 bridgehead atoms. The summed E-state index contributed by atoms with van der Waals surface area (Å²) in [4.78, 5) is 126. The Labute approximate surface area is 709 Å². The van der Waals surface area contributed by atoms with Crippen LogP contribution in [0.25, 0.3) is 45.0 Å². The fourth-order valence-corrected chi connectivity index (χ4v) is 14.3. The van der Waals surface area contributed by atoms with Gasteiger partial charge in [0.15, 0.2) is 23.0 Å². The van der Waals surface area contributed by atoms with Crippen molar-refractivity contribution in [3.63, 3.8) is 0 Å². The third kappa shape index (κ3) is 22.9. The number of fused-ring (bicyclic) bond motifs is 1. The van der Waals surface area contributed by atoms with Gasteiger partial charge in [0.2, 0.25) is 11.8 Å². The van der Waals surface area contributed by atoms with Gasteiger partial charge in [-0.05, 0) is 227 Å². The maximum Gasteiger partial charge on any atom is 0.293 e. The molecule has 1 saturated heterocycles. The molecule has 2 aliphatic heterocycles. The molecule has 31 heteroatoms. The molecular formula is C92H93ClF4N10O16. The first-order valence-electron chi connectivity index (χ1n) is 39.2. The number of carbonyl (C=O) groups is 6. The molecule has 1 atom stereocenters. The molecule has 1 unspecified atom stereocenters. The maximum atomic E-state index is 13.9. The van der Waals surface area contributed by atoms with Gasteiger partial charge >= 0.3 is 0 Å². The SMILES string of the molecule is COc1ccc(CCNC(=O)c2cc(-c3cc(C)cc(F)c3)n(C)c(=O)c2O)cc1.Cc1cc(F)cc(-c2cc(C(=O)NCCCC3C(=O)Nc4ccccc43)c(O)c(=O)n2C)c1.Cc1cc(F)cc(-c2cc(C(=O)NCCCN3CCCC3=O)c(O)c(=O)n2C)c1.Cc1cc(F)cc(-c2cc(C(=O)NCCCOc3ccccc3Cl)c(O)c(=O)n2C)c1. The molecule has 0 radical (unpaired) electrons. The number of nitrogens with one attached hydrogen (secondary N) is 5. The molecule has 0 aliphatic carbocycles. The molecule has 4 aromatic heterocycles. The number of aromatic nitrogens is 4. The number of likely N-dealkylation sites (tertiary alicyclic amines) is 1. The van der Waals surface area contributed by atoms with Crippen LogP contribution in [0.5, 0.6) is 34.5 Å². The van der Waals surface area contributed by atoms with Gasteiger partial charge in [0, 0.05) is 102 Å². The molecule has 13 rings (SSSR count). The van der Waals surface area contributed by atoms with E-state index in [0.717, 1.165) is 35.5 Å². The van der Waals surface area contributed by atoms with E-state index in [1.807, 2.05) is 48.5 Å². The Morgan fingerprint density at radius 1 is 0.472 bits per heavy atom. The molecule has 6 amide bonds. The first-order valence-corrected chi connectivity index (χ1v) is 39.6. The number of benzene rings is 7. The van der Waals surface area contributed by atoms with Crippen LogP contribution in [0.1, 0.15) is 119 Å². The molecule has 1 fully saturated rings. The second-order valence-corrected chi connectivity index (χ2v) is 30.0. The van der Waals surface area contributed by atoms with E-state index < -0.39 is 92.1 Å². The van der Waals surface area contributed by atoms with E-state index in [1.54, 1.807) is 88.2 Å². The van der Waals surface area contributed by atoms with Gasteiger partial charge in [0.05, 0.1) is 69.7 Å². The van der Waals surface area contributed by atoms with E-state index in [2.05, 4.69) is 26.6 Å². The summed E-state index contributed by atoms with van der Waals surface area (Å²) in [6.45, 7) is 9.64. The van der Waals surface area contributed by atoms with E-state index in [4.69, 9.17) is 21.1 Å². The average molecular weight is 1710 g/mol. The maximum absolute atomic E-state index is 13.9. The molecule has 11 aromatic rings.